The Morgan fingerprint density at radius 3 is 2.59 bits per heavy atom. The maximum absolute atomic E-state index is 12.1. The van der Waals surface area contributed by atoms with Gasteiger partial charge in [-0.3, -0.25) is 9.78 Å². The smallest absolute Gasteiger partial charge is 0.222 e. The molecule has 1 saturated heterocycles. The van der Waals surface area contributed by atoms with Gasteiger partial charge >= 0.3 is 0 Å². The third-order valence-electron chi connectivity index (χ3n) is 4.14. The van der Waals surface area contributed by atoms with E-state index in [4.69, 9.17) is 0 Å². The molecule has 1 aliphatic heterocycles. The summed E-state index contributed by atoms with van der Waals surface area (Å²) in [6.07, 6.45) is 4.55. The third kappa shape index (κ3) is 3.18. The molecule has 0 bridgehead atoms. The summed E-state index contributed by atoms with van der Waals surface area (Å²) in [6.45, 7) is 5.31. The minimum Gasteiger partial charge on any atom is -0.352 e. The molecule has 5 heteroatoms. The summed E-state index contributed by atoms with van der Waals surface area (Å²) in [6, 6.07) is 7.90. The number of aromatic nitrogens is 2. The minimum absolute atomic E-state index is 0.283. The Hall–Kier alpha value is -2.17. The number of fused-ring (bicyclic) bond motifs is 1. The predicted molar refractivity (Wildman–Crippen MR) is 87.9 cm³/mol. The van der Waals surface area contributed by atoms with E-state index in [1.807, 2.05) is 35.4 Å². The summed E-state index contributed by atoms with van der Waals surface area (Å²) in [5, 5.41) is 0. The van der Waals surface area contributed by atoms with E-state index in [1.54, 1.807) is 0 Å². The molecule has 1 amide bonds. The second-order valence-corrected chi connectivity index (χ2v) is 5.69. The molecule has 0 spiro atoms. The van der Waals surface area contributed by atoms with Gasteiger partial charge in [-0.05, 0) is 18.6 Å². The molecule has 0 N–H and O–H groups in total. The number of rotatable bonds is 4. The zero-order valence-electron chi connectivity index (χ0n) is 13.0. The summed E-state index contributed by atoms with van der Waals surface area (Å²) in [5.74, 6) is 1.19. The summed E-state index contributed by atoms with van der Waals surface area (Å²) >= 11 is 0. The summed E-state index contributed by atoms with van der Waals surface area (Å²) in [5.41, 5.74) is 1.83. The molecule has 2 heterocycles. The Kier molecular flexibility index (Phi) is 4.51. The first-order chi connectivity index (χ1) is 10.8. The van der Waals surface area contributed by atoms with E-state index in [9.17, 15) is 4.79 Å². The lowest BCUT2D eigenvalue weighted by Gasteiger charge is -2.35. The molecule has 0 radical (unpaired) electrons. The van der Waals surface area contributed by atoms with Crippen molar-refractivity contribution in [1.82, 2.24) is 14.9 Å². The van der Waals surface area contributed by atoms with E-state index >= 15 is 0 Å². The molecule has 0 saturated carbocycles. The van der Waals surface area contributed by atoms with Crippen molar-refractivity contribution < 1.29 is 4.79 Å². The largest absolute Gasteiger partial charge is 0.352 e. The van der Waals surface area contributed by atoms with Gasteiger partial charge in [0.15, 0.2) is 0 Å². The number of benzene rings is 1. The van der Waals surface area contributed by atoms with Crippen molar-refractivity contribution in [1.29, 1.82) is 0 Å². The maximum Gasteiger partial charge on any atom is 0.222 e. The van der Waals surface area contributed by atoms with Crippen LogP contribution in [-0.2, 0) is 4.79 Å². The lowest BCUT2D eigenvalue weighted by molar-refractivity contribution is -0.131. The molecule has 0 aliphatic carbocycles. The number of anilines is 1. The van der Waals surface area contributed by atoms with Crippen LogP contribution in [0.15, 0.2) is 30.5 Å². The first-order valence-corrected chi connectivity index (χ1v) is 8.02. The molecule has 1 aromatic carbocycles. The van der Waals surface area contributed by atoms with Crippen LogP contribution in [0.5, 0.6) is 0 Å². The average molecular weight is 298 g/mol. The lowest BCUT2D eigenvalue weighted by Crippen LogP contribution is -2.49. The van der Waals surface area contributed by atoms with Gasteiger partial charge in [-0.25, -0.2) is 4.98 Å². The SMILES string of the molecule is CCCCC(=O)N1CCN(c2cnc3ccccc3n2)CC1. The average Bonchev–Trinajstić information content (AvgIpc) is 2.59. The number of amides is 1. The third-order valence-corrected chi connectivity index (χ3v) is 4.14. The van der Waals surface area contributed by atoms with E-state index in [0.717, 1.165) is 55.9 Å². The Bertz CT molecular complexity index is 650. The van der Waals surface area contributed by atoms with Gasteiger partial charge in [-0.2, -0.15) is 0 Å². The van der Waals surface area contributed by atoms with E-state index in [-0.39, 0.29) is 5.91 Å². The standard InChI is InChI=1S/C17H22N4O/c1-2-3-8-17(22)21-11-9-20(10-12-21)16-13-18-14-6-4-5-7-15(14)19-16/h4-7,13H,2-3,8-12H2,1H3. The Morgan fingerprint density at radius 1 is 1.14 bits per heavy atom. The number of carbonyl (C=O) groups excluding carboxylic acids is 1. The molecular weight excluding hydrogens is 276 g/mol. The van der Waals surface area contributed by atoms with Crippen LogP contribution in [0, 0.1) is 0 Å². The molecule has 5 nitrogen and oxygen atoms in total. The molecule has 1 aliphatic rings. The molecular formula is C17H22N4O. The van der Waals surface area contributed by atoms with Crippen molar-refractivity contribution in [3.8, 4) is 0 Å². The number of hydrogen-bond acceptors (Lipinski definition) is 4. The highest BCUT2D eigenvalue weighted by atomic mass is 16.2. The fourth-order valence-electron chi connectivity index (χ4n) is 2.77. The Morgan fingerprint density at radius 2 is 1.86 bits per heavy atom. The van der Waals surface area contributed by atoms with Crippen molar-refractivity contribution >= 4 is 22.8 Å². The van der Waals surface area contributed by atoms with Crippen molar-refractivity contribution in [2.45, 2.75) is 26.2 Å². The van der Waals surface area contributed by atoms with E-state index in [1.165, 1.54) is 0 Å². The van der Waals surface area contributed by atoms with Crippen molar-refractivity contribution in [2.24, 2.45) is 0 Å². The van der Waals surface area contributed by atoms with Gasteiger partial charge in [0, 0.05) is 32.6 Å². The number of carbonyl (C=O) groups is 1. The van der Waals surface area contributed by atoms with Crippen molar-refractivity contribution in [3.05, 3.63) is 30.5 Å². The molecule has 116 valence electrons. The quantitative estimate of drug-likeness (QED) is 0.870. The topological polar surface area (TPSA) is 49.3 Å². The molecule has 22 heavy (non-hydrogen) atoms. The second kappa shape index (κ2) is 6.73. The van der Waals surface area contributed by atoms with Gasteiger partial charge in [0.25, 0.3) is 0 Å². The number of hydrogen-bond donors (Lipinski definition) is 0. The fourth-order valence-corrected chi connectivity index (χ4v) is 2.77. The summed E-state index contributed by atoms with van der Waals surface area (Å²) in [7, 11) is 0. The monoisotopic (exact) mass is 298 g/mol. The highest BCUT2D eigenvalue weighted by molar-refractivity contribution is 5.77. The van der Waals surface area contributed by atoms with Gasteiger partial charge in [-0.1, -0.05) is 25.5 Å². The molecule has 0 atom stereocenters. The van der Waals surface area contributed by atoms with Crippen LogP contribution >= 0.6 is 0 Å². The van der Waals surface area contributed by atoms with Crippen LogP contribution in [0.2, 0.25) is 0 Å². The van der Waals surface area contributed by atoms with E-state index in [2.05, 4.69) is 21.8 Å². The van der Waals surface area contributed by atoms with Gasteiger partial charge < -0.3 is 9.80 Å². The Labute approximate surface area is 131 Å². The molecule has 2 aromatic rings. The van der Waals surface area contributed by atoms with Crippen molar-refractivity contribution in [3.63, 3.8) is 0 Å². The normalized spacial score (nSPS) is 15.3. The van der Waals surface area contributed by atoms with Crippen LogP contribution < -0.4 is 4.90 Å². The zero-order chi connectivity index (χ0) is 15.4. The fraction of sp³-hybridized carbons (Fsp3) is 0.471. The number of unbranched alkanes of at least 4 members (excludes halogenated alkanes) is 1. The highest BCUT2D eigenvalue weighted by Crippen LogP contribution is 2.17. The van der Waals surface area contributed by atoms with Crippen LogP contribution in [-0.4, -0.2) is 47.0 Å². The Balaban J connectivity index is 1.63. The van der Waals surface area contributed by atoms with Gasteiger partial charge in [-0.15, -0.1) is 0 Å². The van der Waals surface area contributed by atoms with Crippen molar-refractivity contribution in [2.75, 3.05) is 31.1 Å². The number of piperazine rings is 1. The lowest BCUT2D eigenvalue weighted by atomic mass is 10.2. The zero-order valence-corrected chi connectivity index (χ0v) is 13.0. The molecule has 1 fully saturated rings. The van der Waals surface area contributed by atoms with Crippen LogP contribution in [0.1, 0.15) is 26.2 Å². The van der Waals surface area contributed by atoms with Crippen LogP contribution in [0.25, 0.3) is 11.0 Å². The first-order valence-electron chi connectivity index (χ1n) is 8.02. The number of para-hydroxylation sites is 2. The van der Waals surface area contributed by atoms with Gasteiger partial charge in [0.05, 0.1) is 17.2 Å². The maximum atomic E-state index is 12.1. The summed E-state index contributed by atoms with van der Waals surface area (Å²) < 4.78 is 0. The van der Waals surface area contributed by atoms with Gasteiger partial charge in [0.2, 0.25) is 5.91 Å². The van der Waals surface area contributed by atoms with E-state index in [0.29, 0.717) is 6.42 Å². The molecule has 3 rings (SSSR count). The van der Waals surface area contributed by atoms with Crippen LogP contribution in [0.4, 0.5) is 5.82 Å². The van der Waals surface area contributed by atoms with Gasteiger partial charge in [0.1, 0.15) is 5.82 Å². The highest BCUT2D eigenvalue weighted by Gasteiger charge is 2.21. The minimum atomic E-state index is 0.283. The first kappa shape index (κ1) is 14.8. The van der Waals surface area contributed by atoms with Crippen LogP contribution in [0.3, 0.4) is 0 Å². The predicted octanol–water partition coefficient (Wildman–Crippen LogP) is 2.47. The molecule has 1 aromatic heterocycles. The summed E-state index contributed by atoms with van der Waals surface area (Å²) in [4.78, 5) is 25.4. The van der Waals surface area contributed by atoms with E-state index < -0.39 is 0 Å². The second-order valence-electron chi connectivity index (χ2n) is 5.69. The molecule has 0 unspecified atom stereocenters. The number of nitrogens with zero attached hydrogens (tertiary/aromatic N) is 4.